The van der Waals surface area contributed by atoms with Crippen LogP contribution in [0.5, 0.6) is 0 Å². The number of nitrogens with zero attached hydrogens (tertiary/aromatic N) is 1. The molecule has 1 saturated heterocycles. The van der Waals surface area contributed by atoms with Gasteiger partial charge in [-0.05, 0) is 38.7 Å². The van der Waals surface area contributed by atoms with Crippen molar-refractivity contribution in [1.82, 2.24) is 9.62 Å². The van der Waals surface area contributed by atoms with Crippen LogP contribution in [0, 0.1) is 5.92 Å². The molecule has 0 bridgehead atoms. The van der Waals surface area contributed by atoms with Crippen LogP contribution in [0.25, 0.3) is 0 Å². The first kappa shape index (κ1) is 24.3. The second kappa shape index (κ2) is 11.5. The first-order valence-electron chi connectivity index (χ1n) is 10.8. The molecule has 8 heteroatoms. The lowest BCUT2D eigenvalue weighted by atomic mass is 9.95. The maximum Gasteiger partial charge on any atom is 0.308 e. The van der Waals surface area contributed by atoms with Crippen LogP contribution in [-0.4, -0.2) is 49.5 Å². The van der Waals surface area contributed by atoms with E-state index in [2.05, 4.69) is 5.32 Å². The predicted molar refractivity (Wildman–Crippen MR) is 116 cm³/mol. The number of benzene rings is 1. The zero-order valence-corrected chi connectivity index (χ0v) is 19.0. The fourth-order valence-corrected chi connectivity index (χ4v) is 5.24. The molecule has 1 unspecified atom stereocenters. The lowest BCUT2D eigenvalue weighted by molar-refractivity contribution is -0.148. The van der Waals surface area contributed by atoms with Crippen LogP contribution in [-0.2, 0) is 24.3 Å². The van der Waals surface area contributed by atoms with E-state index in [9.17, 15) is 18.0 Å². The molecule has 0 saturated carbocycles. The molecule has 1 aromatic carbocycles. The van der Waals surface area contributed by atoms with Crippen LogP contribution in [0.3, 0.4) is 0 Å². The van der Waals surface area contributed by atoms with Gasteiger partial charge in [-0.3, -0.25) is 9.59 Å². The van der Waals surface area contributed by atoms with E-state index < -0.39 is 16.1 Å². The van der Waals surface area contributed by atoms with Gasteiger partial charge in [0.05, 0.1) is 24.3 Å². The average Bonchev–Trinajstić information content (AvgIpc) is 2.72. The number of carbonyl (C=O) groups excluding carboxylic acids is 2. The van der Waals surface area contributed by atoms with Crippen molar-refractivity contribution in [3.8, 4) is 0 Å². The topological polar surface area (TPSA) is 92.8 Å². The van der Waals surface area contributed by atoms with E-state index in [1.54, 1.807) is 13.8 Å². The number of rotatable bonds is 10. The Balaban J connectivity index is 1.98. The summed E-state index contributed by atoms with van der Waals surface area (Å²) in [6, 6.07) is 8.87. The van der Waals surface area contributed by atoms with Crippen molar-refractivity contribution in [3.63, 3.8) is 0 Å². The highest BCUT2D eigenvalue weighted by Crippen LogP contribution is 2.23. The van der Waals surface area contributed by atoms with E-state index in [0.29, 0.717) is 32.4 Å². The minimum Gasteiger partial charge on any atom is -0.463 e. The highest BCUT2D eigenvalue weighted by Gasteiger charge is 2.32. The molecule has 1 aromatic rings. The smallest absolute Gasteiger partial charge is 0.308 e. The van der Waals surface area contributed by atoms with Gasteiger partial charge in [-0.15, -0.1) is 0 Å². The number of unbranched alkanes of at least 4 members (excludes halogenated alkanes) is 1. The van der Waals surface area contributed by atoms with Gasteiger partial charge in [-0.1, -0.05) is 43.7 Å². The van der Waals surface area contributed by atoms with Crippen molar-refractivity contribution in [2.75, 3.05) is 18.8 Å². The Hall–Kier alpha value is -1.93. The fourth-order valence-electron chi connectivity index (χ4n) is 3.56. The number of hydrogen-bond donors (Lipinski definition) is 1. The van der Waals surface area contributed by atoms with Gasteiger partial charge in [0.25, 0.3) is 0 Å². The minimum absolute atomic E-state index is 0.0537. The highest BCUT2D eigenvalue weighted by atomic mass is 32.2. The van der Waals surface area contributed by atoms with Crippen LogP contribution in [0.15, 0.2) is 30.3 Å². The molecule has 2 rings (SSSR count). The van der Waals surface area contributed by atoms with Crippen molar-refractivity contribution in [1.29, 1.82) is 0 Å². The van der Waals surface area contributed by atoms with Gasteiger partial charge in [0.15, 0.2) is 0 Å². The SMILES string of the molecule is CCCCS(=O)(=O)N1CCC(C(=O)NC(CC(=O)OC(C)C)c2ccccc2)CC1. The third-order valence-electron chi connectivity index (χ3n) is 5.23. The lowest BCUT2D eigenvalue weighted by Gasteiger charge is -2.31. The third-order valence-corrected chi connectivity index (χ3v) is 7.19. The quantitative estimate of drug-likeness (QED) is 0.567. The van der Waals surface area contributed by atoms with E-state index >= 15 is 0 Å². The summed E-state index contributed by atoms with van der Waals surface area (Å²) in [7, 11) is -3.25. The number of hydrogen-bond acceptors (Lipinski definition) is 5. The largest absolute Gasteiger partial charge is 0.463 e. The van der Waals surface area contributed by atoms with E-state index in [4.69, 9.17) is 4.74 Å². The Bertz CT molecular complexity index is 787. The second-order valence-electron chi connectivity index (χ2n) is 8.06. The van der Waals surface area contributed by atoms with Crippen molar-refractivity contribution in [3.05, 3.63) is 35.9 Å². The van der Waals surface area contributed by atoms with Gasteiger partial charge in [0.2, 0.25) is 15.9 Å². The molecule has 7 nitrogen and oxygen atoms in total. The Kier molecular flexibility index (Phi) is 9.30. The average molecular weight is 439 g/mol. The number of piperidine rings is 1. The van der Waals surface area contributed by atoms with Gasteiger partial charge in [0, 0.05) is 19.0 Å². The van der Waals surface area contributed by atoms with Gasteiger partial charge < -0.3 is 10.1 Å². The maximum absolute atomic E-state index is 12.9. The Morgan fingerprint density at radius 1 is 1.17 bits per heavy atom. The molecule has 1 amide bonds. The molecule has 0 radical (unpaired) electrons. The van der Waals surface area contributed by atoms with Crippen molar-refractivity contribution in [2.24, 2.45) is 5.92 Å². The maximum atomic E-state index is 12.9. The Morgan fingerprint density at radius 2 is 1.80 bits per heavy atom. The Labute approximate surface area is 180 Å². The lowest BCUT2D eigenvalue weighted by Crippen LogP contribution is -2.44. The summed E-state index contributed by atoms with van der Waals surface area (Å²) in [6.07, 6.45) is 2.28. The summed E-state index contributed by atoms with van der Waals surface area (Å²) in [5.41, 5.74) is 0.839. The first-order chi connectivity index (χ1) is 14.2. The molecule has 168 valence electrons. The molecule has 1 heterocycles. The van der Waals surface area contributed by atoms with E-state index in [0.717, 1.165) is 12.0 Å². The van der Waals surface area contributed by atoms with Crippen molar-refractivity contribution < 1.29 is 22.7 Å². The number of amides is 1. The molecule has 30 heavy (non-hydrogen) atoms. The number of nitrogens with one attached hydrogen (secondary N) is 1. The molecule has 1 atom stereocenters. The molecule has 1 N–H and O–H groups in total. The van der Waals surface area contributed by atoms with Gasteiger partial charge in [-0.25, -0.2) is 12.7 Å². The van der Waals surface area contributed by atoms with Crippen LogP contribution >= 0.6 is 0 Å². The number of carbonyl (C=O) groups is 2. The standard InChI is InChI=1S/C22H34N2O5S/c1-4-5-15-30(27,28)24-13-11-19(12-14-24)22(26)23-20(16-21(25)29-17(2)3)18-9-7-6-8-10-18/h6-10,17,19-20H,4-5,11-16H2,1-3H3,(H,23,26). The summed E-state index contributed by atoms with van der Waals surface area (Å²) in [4.78, 5) is 25.1. The summed E-state index contributed by atoms with van der Waals surface area (Å²) in [5.74, 6) is -0.619. The summed E-state index contributed by atoms with van der Waals surface area (Å²) in [5, 5.41) is 2.99. The van der Waals surface area contributed by atoms with Crippen molar-refractivity contribution >= 4 is 21.9 Å². The van der Waals surface area contributed by atoms with E-state index in [-0.39, 0.29) is 36.1 Å². The molecule has 1 fully saturated rings. The monoisotopic (exact) mass is 438 g/mol. The molecule has 1 aliphatic heterocycles. The van der Waals surface area contributed by atoms with E-state index in [1.165, 1.54) is 4.31 Å². The second-order valence-corrected chi connectivity index (χ2v) is 10.1. The molecule has 0 spiro atoms. The first-order valence-corrected chi connectivity index (χ1v) is 12.4. The minimum atomic E-state index is -3.25. The normalized spacial score (nSPS) is 16.9. The number of ether oxygens (including phenoxy) is 1. The molecular weight excluding hydrogens is 404 g/mol. The Morgan fingerprint density at radius 3 is 2.37 bits per heavy atom. The number of sulfonamides is 1. The summed E-state index contributed by atoms with van der Waals surface area (Å²) in [6.45, 7) is 6.25. The van der Waals surface area contributed by atoms with Gasteiger partial charge in [0.1, 0.15) is 0 Å². The van der Waals surface area contributed by atoms with Crippen LogP contribution in [0.4, 0.5) is 0 Å². The predicted octanol–water partition coefficient (Wildman–Crippen LogP) is 3.03. The summed E-state index contributed by atoms with van der Waals surface area (Å²) >= 11 is 0. The van der Waals surface area contributed by atoms with Crippen LogP contribution < -0.4 is 5.32 Å². The molecule has 0 aliphatic carbocycles. The van der Waals surface area contributed by atoms with Gasteiger partial charge in [-0.2, -0.15) is 0 Å². The van der Waals surface area contributed by atoms with Crippen LogP contribution in [0.2, 0.25) is 0 Å². The van der Waals surface area contributed by atoms with Crippen LogP contribution in [0.1, 0.15) is 64.5 Å². The molecular formula is C22H34N2O5S. The third kappa shape index (κ3) is 7.40. The molecule has 0 aromatic heterocycles. The number of esters is 1. The zero-order chi connectivity index (χ0) is 22.1. The molecule has 1 aliphatic rings. The summed E-state index contributed by atoms with van der Waals surface area (Å²) < 4.78 is 31.5. The zero-order valence-electron chi connectivity index (χ0n) is 18.2. The van der Waals surface area contributed by atoms with Gasteiger partial charge >= 0.3 is 5.97 Å². The fraction of sp³-hybridized carbons (Fsp3) is 0.636. The van der Waals surface area contributed by atoms with E-state index in [1.807, 2.05) is 37.3 Å². The van der Waals surface area contributed by atoms with Crippen molar-refractivity contribution in [2.45, 2.75) is 65.0 Å². The highest BCUT2D eigenvalue weighted by molar-refractivity contribution is 7.89.